The number of esters is 1. The largest absolute Gasteiger partial charge is 0.574 e. The lowest BCUT2D eigenvalue weighted by atomic mass is 9.96. The fraction of sp³-hybridized carbons (Fsp3) is 0.500. The highest BCUT2D eigenvalue weighted by Gasteiger charge is 2.53. The minimum Gasteiger partial charge on any atom is -0.574 e. The van der Waals surface area contributed by atoms with E-state index >= 15 is 0 Å². The number of aromatic nitrogens is 4. The zero-order valence-corrected chi connectivity index (χ0v) is 24.0. The first-order valence-corrected chi connectivity index (χ1v) is 13.8. The van der Waals surface area contributed by atoms with Crippen molar-refractivity contribution in [2.24, 2.45) is 4.85 Å². The molecule has 17 heteroatoms. The summed E-state index contributed by atoms with van der Waals surface area (Å²) in [6.45, 7) is 6.31. The smallest absolute Gasteiger partial charge is 0.412 e. The molecule has 0 amide bonds. The molecule has 0 aliphatic carbocycles. The normalized spacial score (nSPS) is 23.5. The summed E-state index contributed by atoms with van der Waals surface area (Å²) < 4.78 is 23.6. The van der Waals surface area contributed by atoms with Gasteiger partial charge in [0.1, 0.15) is 36.2 Å². The summed E-state index contributed by atoms with van der Waals surface area (Å²) in [5, 5.41) is 24.9. The van der Waals surface area contributed by atoms with E-state index in [9.17, 15) is 19.9 Å². The molecule has 1 aromatic carbocycles. The number of benzene rings is 1. The Morgan fingerprint density at radius 3 is 2.63 bits per heavy atom. The molecule has 4 rings (SSSR count). The fourth-order valence-corrected chi connectivity index (χ4v) is 4.67. The van der Waals surface area contributed by atoms with E-state index < -0.39 is 44.2 Å². The number of nitrogens with zero attached hydrogens (tertiary/aromatic N) is 5. The number of nitrogens with two attached hydrogens (primary N) is 1. The Labute approximate surface area is 236 Å². The second kappa shape index (κ2) is 12.5. The average molecular weight is 593 g/mol. The van der Waals surface area contributed by atoms with E-state index in [1.165, 1.54) is 36.9 Å². The first-order valence-electron chi connectivity index (χ1n) is 12.7. The van der Waals surface area contributed by atoms with Gasteiger partial charge in [-0.25, -0.2) is 4.98 Å². The van der Waals surface area contributed by atoms with E-state index in [-0.39, 0.29) is 24.4 Å². The second-order valence-electron chi connectivity index (χ2n) is 9.75. The van der Waals surface area contributed by atoms with Crippen molar-refractivity contribution in [3.05, 3.63) is 30.6 Å². The highest BCUT2D eigenvalue weighted by molar-refractivity contribution is 7.33. The summed E-state index contributed by atoms with van der Waals surface area (Å²) >= 11 is 0. The van der Waals surface area contributed by atoms with Crippen LogP contribution in [0.25, 0.3) is 11.2 Å². The number of ether oxygens (including phenoxy) is 3. The molecule has 41 heavy (non-hydrogen) atoms. The van der Waals surface area contributed by atoms with Gasteiger partial charge in [0.2, 0.25) is 5.95 Å². The molecule has 3 heterocycles. The van der Waals surface area contributed by atoms with Gasteiger partial charge in [0.15, 0.2) is 29.0 Å². The quantitative estimate of drug-likeness (QED) is 0.117. The lowest BCUT2D eigenvalue weighted by molar-refractivity contribution is -0.169. The third kappa shape index (κ3) is 6.81. The lowest BCUT2D eigenvalue weighted by Crippen LogP contribution is -2.44. The Morgan fingerprint density at radius 2 is 1.98 bits per heavy atom. The van der Waals surface area contributed by atoms with Crippen LogP contribution in [0, 0.1) is 0 Å². The van der Waals surface area contributed by atoms with Crippen molar-refractivity contribution in [3.63, 3.8) is 0 Å². The molecular formula is C24H33N8O8P. The summed E-state index contributed by atoms with van der Waals surface area (Å²) in [7, 11) is -0.845. The monoisotopic (exact) mass is 592 g/mol. The predicted octanol–water partition coefficient (Wildman–Crippen LogP) is 0.618. The number of anilines is 2. The van der Waals surface area contributed by atoms with E-state index in [1.54, 1.807) is 33.0 Å². The van der Waals surface area contributed by atoms with Crippen LogP contribution in [0.3, 0.4) is 0 Å². The van der Waals surface area contributed by atoms with Gasteiger partial charge in [0.25, 0.3) is 0 Å². The Kier molecular flexibility index (Phi) is 9.21. The highest BCUT2D eigenvalue weighted by Crippen LogP contribution is 2.40. The average Bonchev–Trinajstić information content (AvgIpc) is 3.43. The number of imidazole rings is 1. The van der Waals surface area contributed by atoms with Gasteiger partial charge in [0, 0.05) is 11.9 Å². The van der Waals surface area contributed by atoms with Crippen LogP contribution in [-0.4, -0.2) is 79.3 Å². The molecule has 3 aromatic rings. The van der Waals surface area contributed by atoms with Crippen LogP contribution in [0.1, 0.15) is 33.9 Å². The zero-order valence-electron chi connectivity index (χ0n) is 23.1. The van der Waals surface area contributed by atoms with Crippen molar-refractivity contribution in [1.29, 1.82) is 0 Å². The van der Waals surface area contributed by atoms with Gasteiger partial charge in [-0.15, -0.1) is 0 Å². The van der Waals surface area contributed by atoms with E-state index in [1.807, 2.05) is 0 Å². The molecule has 1 aliphatic rings. The summed E-state index contributed by atoms with van der Waals surface area (Å²) in [4.78, 5) is 40.2. The SMILES string of the molecule is CNc1nc(N)nc2c1ncn2[C@@H]1O[C@H](COc2ccc(O/[P+]([O-])=N/N[C@@H](C)C(=O)OC(C)C)cc2)[C@@H](O)[C@@]1(C)O. The number of fused-ring (bicyclic) bond motifs is 1. The maximum absolute atomic E-state index is 12.1. The maximum atomic E-state index is 12.1. The molecule has 1 unspecified atom stereocenters. The number of aliphatic hydroxyl groups excluding tert-OH is 1. The first kappa shape index (κ1) is 30.3. The second-order valence-corrected chi connectivity index (χ2v) is 10.6. The molecular weight excluding hydrogens is 559 g/mol. The number of hydrogen-bond acceptors (Lipinski definition) is 14. The van der Waals surface area contributed by atoms with Gasteiger partial charge in [-0.1, -0.05) is 0 Å². The van der Waals surface area contributed by atoms with E-state index in [2.05, 4.69) is 30.5 Å². The van der Waals surface area contributed by atoms with Crippen molar-refractivity contribution in [3.8, 4) is 11.5 Å². The van der Waals surface area contributed by atoms with Crippen LogP contribution in [0.15, 0.2) is 35.4 Å². The molecule has 222 valence electrons. The summed E-state index contributed by atoms with van der Waals surface area (Å²) in [5.41, 5.74) is 7.30. The number of hydrogen-bond donors (Lipinski definition) is 5. The molecule has 0 saturated carbocycles. The zero-order chi connectivity index (χ0) is 29.9. The van der Waals surface area contributed by atoms with Crippen molar-refractivity contribution in [2.45, 2.75) is 63.9 Å². The topological polar surface area (TPSA) is 224 Å². The molecule has 6 N–H and O–H groups in total. The Bertz CT molecular complexity index is 1400. The summed E-state index contributed by atoms with van der Waals surface area (Å²) in [6.07, 6.45) is -2.12. The number of carbonyl (C=O) groups excluding carboxylic acids is 1. The number of nitrogens with one attached hydrogen (secondary N) is 2. The van der Waals surface area contributed by atoms with Gasteiger partial charge in [-0.05, 0) is 52.0 Å². The van der Waals surface area contributed by atoms with Gasteiger partial charge in [-0.3, -0.25) is 13.9 Å². The molecule has 0 radical (unpaired) electrons. The van der Waals surface area contributed by atoms with Gasteiger partial charge in [0.05, 0.1) is 12.4 Å². The standard InChI is InChI=1S/C24H33N8O8P/c1-12(2)38-21(34)13(3)30-31-41(36)40-15-8-6-14(7-9-15)37-10-16-18(33)24(4,35)22(39-16)32-11-27-17-19(26-5)28-23(25)29-20(17)32/h6-9,11-13,16,18,22,30,33,35H,10H2,1-5H3,(H3,25,26,28,29)/t13-,16+,18+,22+,24+/m0/s1. The molecule has 1 fully saturated rings. The summed E-state index contributed by atoms with van der Waals surface area (Å²) in [5.74, 6) is 0.531. The third-order valence-corrected chi connectivity index (χ3v) is 6.79. The Morgan fingerprint density at radius 1 is 1.29 bits per heavy atom. The van der Waals surface area contributed by atoms with Gasteiger partial charge >= 0.3 is 14.1 Å². The lowest BCUT2D eigenvalue weighted by Gasteiger charge is -2.27. The van der Waals surface area contributed by atoms with E-state index in [0.717, 1.165) is 0 Å². The van der Waals surface area contributed by atoms with Gasteiger partial charge in [-0.2, -0.15) is 15.4 Å². The highest BCUT2D eigenvalue weighted by atomic mass is 31.1. The summed E-state index contributed by atoms with van der Waals surface area (Å²) in [6, 6.07) is 5.36. The van der Waals surface area contributed by atoms with Crippen LogP contribution >= 0.6 is 8.17 Å². The van der Waals surface area contributed by atoms with Crippen LogP contribution in [0.2, 0.25) is 0 Å². The van der Waals surface area contributed by atoms with Crippen LogP contribution < -0.4 is 30.6 Å². The molecule has 1 saturated heterocycles. The van der Waals surface area contributed by atoms with Crippen LogP contribution in [-0.2, 0) is 14.3 Å². The van der Waals surface area contributed by atoms with Crippen molar-refractivity contribution < 1.29 is 38.6 Å². The van der Waals surface area contributed by atoms with Crippen molar-refractivity contribution in [1.82, 2.24) is 24.9 Å². The predicted molar refractivity (Wildman–Crippen MR) is 146 cm³/mol. The van der Waals surface area contributed by atoms with Crippen LogP contribution in [0.5, 0.6) is 11.5 Å². The number of rotatable bonds is 11. The molecule has 1 aliphatic heterocycles. The van der Waals surface area contributed by atoms with Crippen molar-refractivity contribution >= 4 is 37.1 Å². The molecule has 2 aromatic heterocycles. The molecule has 0 spiro atoms. The third-order valence-electron chi connectivity index (χ3n) is 6.14. The van der Waals surface area contributed by atoms with Crippen molar-refractivity contribution in [2.75, 3.05) is 24.7 Å². The van der Waals surface area contributed by atoms with E-state index in [4.69, 9.17) is 24.5 Å². The maximum Gasteiger partial charge on any atom is 0.412 e. The Hall–Kier alpha value is -3.66. The minimum absolute atomic E-state index is 0.00414. The molecule has 16 nitrogen and oxygen atoms in total. The number of carbonyl (C=O) groups is 1. The Balaban J connectivity index is 1.36. The minimum atomic E-state index is -2.51. The fourth-order valence-electron chi connectivity index (χ4n) is 4.06. The number of aliphatic hydroxyl groups is 2. The molecule has 6 atom stereocenters. The first-order chi connectivity index (χ1) is 19.4. The molecule has 0 bridgehead atoms. The number of nitrogen functional groups attached to an aromatic ring is 1. The van der Waals surface area contributed by atoms with Gasteiger partial charge < -0.3 is 40.4 Å². The van der Waals surface area contributed by atoms with E-state index in [0.29, 0.717) is 22.7 Å². The van der Waals surface area contributed by atoms with Crippen LogP contribution in [0.4, 0.5) is 11.8 Å².